The van der Waals surface area contributed by atoms with Crippen molar-refractivity contribution in [3.8, 4) is 11.5 Å². The first-order valence-electron chi connectivity index (χ1n) is 8.28. The van der Waals surface area contributed by atoms with Crippen molar-refractivity contribution in [2.45, 2.75) is 6.10 Å². The third-order valence-corrected chi connectivity index (χ3v) is 3.95. The Morgan fingerprint density at radius 2 is 1.85 bits per heavy atom. The molecule has 0 spiro atoms. The van der Waals surface area contributed by atoms with Gasteiger partial charge in [-0.1, -0.05) is 12.1 Å². The average molecular weight is 355 g/mol. The number of primary amides is 1. The molecule has 7 heteroatoms. The van der Waals surface area contributed by atoms with Crippen LogP contribution in [0, 0.1) is 0 Å². The number of nitrogens with one attached hydrogen (secondary N) is 1. The Morgan fingerprint density at radius 1 is 1.15 bits per heavy atom. The molecule has 0 bridgehead atoms. The maximum Gasteiger partial charge on any atom is 0.248 e. The lowest BCUT2D eigenvalue weighted by molar-refractivity contribution is -0.117. The van der Waals surface area contributed by atoms with Crippen LogP contribution >= 0.6 is 0 Å². The molecular formula is C19H21N3O4. The molecule has 1 heterocycles. The zero-order valence-corrected chi connectivity index (χ0v) is 14.5. The van der Waals surface area contributed by atoms with E-state index in [2.05, 4.69) is 5.32 Å². The second-order valence-electron chi connectivity index (χ2n) is 6.18. The number of hydrogen-bond acceptors (Lipinski definition) is 5. The molecule has 1 atom stereocenters. The molecule has 136 valence electrons. The van der Waals surface area contributed by atoms with Gasteiger partial charge in [0.1, 0.15) is 12.7 Å². The van der Waals surface area contributed by atoms with Crippen molar-refractivity contribution in [3.05, 3.63) is 54.1 Å². The number of amides is 2. The van der Waals surface area contributed by atoms with E-state index < -0.39 is 5.91 Å². The van der Waals surface area contributed by atoms with Crippen LogP contribution in [-0.2, 0) is 4.79 Å². The van der Waals surface area contributed by atoms with E-state index in [9.17, 15) is 9.59 Å². The highest BCUT2D eigenvalue weighted by molar-refractivity contribution is 5.95. The Kier molecular flexibility index (Phi) is 5.38. The number of ether oxygens (including phenoxy) is 2. The average Bonchev–Trinajstić information content (AvgIpc) is 2.61. The van der Waals surface area contributed by atoms with Gasteiger partial charge in [-0.15, -0.1) is 0 Å². The zero-order valence-electron chi connectivity index (χ0n) is 14.5. The molecule has 2 aromatic rings. The summed E-state index contributed by atoms with van der Waals surface area (Å²) in [7, 11) is 1.85. The van der Waals surface area contributed by atoms with Crippen LogP contribution < -0.4 is 20.5 Å². The third-order valence-electron chi connectivity index (χ3n) is 3.95. The van der Waals surface area contributed by atoms with Gasteiger partial charge in [0.05, 0.1) is 6.54 Å². The first-order chi connectivity index (χ1) is 12.5. The summed E-state index contributed by atoms with van der Waals surface area (Å²) in [6, 6.07) is 14.0. The lowest BCUT2D eigenvalue weighted by Gasteiger charge is -2.29. The molecule has 0 saturated carbocycles. The Bertz CT molecular complexity index is 792. The summed E-state index contributed by atoms with van der Waals surface area (Å²) in [6.07, 6.45) is -0.141. The van der Waals surface area contributed by atoms with Crippen molar-refractivity contribution in [2.75, 3.05) is 32.1 Å². The van der Waals surface area contributed by atoms with Crippen molar-refractivity contribution in [2.24, 2.45) is 5.73 Å². The summed E-state index contributed by atoms with van der Waals surface area (Å²) in [6.45, 7) is 1.21. The number of fused-ring (bicyclic) bond motifs is 1. The quantitative estimate of drug-likeness (QED) is 0.819. The number of nitrogens with zero attached hydrogens (tertiary/aromatic N) is 1. The highest BCUT2D eigenvalue weighted by Crippen LogP contribution is 2.30. The minimum absolute atomic E-state index is 0.141. The summed E-state index contributed by atoms with van der Waals surface area (Å²) < 4.78 is 11.6. The Hall–Kier alpha value is -3.06. The molecule has 1 unspecified atom stereocenters. The largest absolute Gasteiger partial charge is 0.486 e. The van der Waals surface area contributed by atoms with E-state index in [4.69, 9.17) is 15.2 Å². The molecule has 0 aliphatic carbocycles. The number of para-hydroxylation sites is 2. The number of benzene rings is 2. The number of hydrogen-bond donors (Lipinski definition) is 2. The van der Waals surface area contributed by atoms with Gasteiger partial charge >= 0.3 is 0 Å². The van der Waals surface area contributed by atoms with Gasteiger partial charge in [0.2, 0.25) is 11.8 Å². The Balaban J connectivity index is 1.48. The predicted octanol–water partition coefficient (Wildman–Crippen LogP) is 1.50. The van der Waals surface area contributed by atoms with Crippen molar-refractivity contribution in [1.29, 1.82) is 0 Å². The molecule has 3 N–H and O–H groups in total. The first-order valence-corrected chi connectivity index (χ1v) is 8.28. The first kappa shape index (κ1) is 17.8. The second kappa shape index (κ2) is 7.88. The van der Waals surface area contributed by atoms with Crippen LogP contribution in [0.5, 0.6) is 11.5 Å². The number of carbonyl (C=O) groups is 2. The summed E-state index contributed by atoms with van der Waals surface area (Å²) >= 11 is 0. The van der Waals surface area contributed by atoms with Gasteiger partial charge in [0.15, 0.2) is 11.5 Å². The SMILES string of the molecule is CN(CC(=O)Nc1ccc(C(N)=O)cc1)CC1COc2ccccc2O1. The topological polar surface area (TPSA) is 93.9 Å². The summed E-state index contributed by atoms with van der Waals surface area (Å²) in [4.78, 5) is 25.1. The van der Waals surface area contributed by atoms with Gasteiger partial charge in [-0.05, 0) is 43.4 Å². The molecule has 1 aliphatic rings. The maximum atomic E-state index is 12.2. The number of anilines is 1. The fraction of sp³-hybridized carbons (Fsp3) is 0.263. The summed E-state index contributed by atoms with van der Waals surface area (Å²) in [5.74, 6) is 0.801. The predicted molar refractivity (Wildman–Crippen MR) is 97.4 cm³/mol. The monoisotopic (exact) mass is 355 g/mol. The zero-order chi connectivity index (χ0) is 18.5. The smallest absolute Gasteiger partial charge is 0.248 e. The van der Waals surface area contributed by atoms with E-state index in [-0.39, 0.29) is 18.6 Å². The molecule has 26 heavy (non-hydrogen) atoms. The van der Waals surface area contributed by atoms with Gasteiger partial charge in [0.25, 0.3) is 0 Å². The normalized spacial score (nSPS) is 15.5. The lowest BCUT2D eigenvalue weighted by atomic mass is 10.2. The van der Waals surface area contributed by atoms with Crippen LogP contribution in [0.15, 0.2) is 48.5 Å². The Morgan fingerprint density at radius 3 is 2.54 bits per heavy atom. The van der Waals surface area contributed by atoms with Crippen LogP contribution in [0.2, 0.25) is 0 Å². The molecular weight excluding hydrogens is 334 g/mol. The molecule has 0 radical (unpaired) electrons. The molecule has 7 nitrogen and oxygen atoms in total. The molecule has 0 fully saturated rings. The summed E-state index contributed by atoms with van der Waals surface area (Å²) in [5, 5.41) is 2.79. The van der Waals surface area contributed by atoms with Crippen LogP contribution in [-0.4, -0.2) is 49.6 Å². The van der Waals surface area contributed by atoms with Crippen LogP contribution in [0.4, 0.5) is 5.69 Å². The lowest BCUT2D eigenvalue weighted by Crippen LogP contribution is -2.42. The van der Waals surface area contributed by atoms with E-state index in [1.165, 1.54) is 0 Å². The molecule has 0 aromatic heterocycles. The van der Waals surface area contributed by atoms with Gasteiger partial charge in [0, 0.05) is 17.8 Å². The maximum absolute atomic E-state index is 12.2. The molecule has 3 rings (SSSR count). The van der Waals surface area contributed by atoms with E-state index in [1.54, 1.807) is 24.3 Å². The van der Waals surface area contributed by atoms with Gasteiger partial charge in [-0.3, -0.25) is 14.5 Å². The van der Waals surface area contributed by atoms with E-state index >= 15 is 0 Å². The standard InChI is InChI=1S/C19H21N3O4/c1-22(10-15-12-25-16-4-2-3-5-17(16)26-15)11-18(23)21-14-8-6-13(7-9-14)19(20)24/h2-9,15H,10-12H2,1H3,(H2,20,24)(H,21,23). The van der Waals surface area contributed by atoms with Crippen molar-refractivity contribution < 1.29 is 19.1 Å². The fourth-order valence-corrected chi connectivity index (χ4v) is 2.73. The molecule has 1 aliphatic heterocycles. The minimum atomic E-state index is -0.501. The molecule has 2 aromatic carbocycles. The molecule has 2 amide bonds. The number of rotatable bonds is 6. The van der Waals surface area contributed by atoms with E-state index in [1.807, 2.05) is 36.2 Å². The number of carbonyl (C=O) groups excluding carboxylic acids is 2. The third kappa shape index (κ3) is 4.52. The van der Waals surface area contributed by atoms with Gasteiger partial charge < -0.3 is 20.5 Å². The highest BCUT2D eigenvalue weighted by atomic mass is 16.6. The van der Waals surface area contributed by atoms with Gasteiger partial charge in [-0.2, -0.15) is 0 Å². The van der Waals surface area contributed by atoms with Crippen molar-refractivity contribution >= 4 is 17.5 Å². The minimum Gasteiger partial charge on any atom is -0.486 e. The summed E-state index contributed by atoms with van der Waals surface area (Å²) in [5.41, 5.74) is 6.20. The number of likely N-dealkylation sites (N-methyl/N-ethyl adjacent to an activating group) is 1. The number of nitrogens with two attached hydrogens (primary N) is 1. The van der Waals surface area contributed by atoms with Gasteiger partial charge in [-0.25, -0.2) is 0 Å². The van der Waals surface area contributed by atoms with Crippen LogP contribution in [0.1, 0.15) is 10.4 Å². The van der Waals surface area contributed by atoms with Crippen molar-refractivity contribution in [3.63, 3.8) is 0 Å². The fourth-order valence-electron chi connectivity index (χ4n) is 2.73. The second-order valence-corrected chi connectivity index (χ2v) is 6.18. The van der Waals surface area contributed by atoms with Crippen LogP contribution in [0.3, 0.4) is 0 Å². The van der Waals surface area contributed by atoms with E-state index in [0.717, 1.165) is 11.5 Å². The van der Waals surface area contributed by atoms with Crippen LogP contribution in [0.25, 0.3) is 0 Å². The van der Waals surface area contributed by atoms with E-state index in [0.29, 0.717) is 24.4 Å². The van der Waals surface area contributed by atoms with Crippen molar-refractivity contribution in [1.82, 2.24) is 4.90 Å². The molecule has 0 saturated heterocycles. The Labute approximate surface area is 151 Å². The highest BCUT2D eigenvalue weighted by Gasteiger charge is 2.22.